The fourth-order valence-corrected chi connectivity index (χ4v) is 2.74. The van der Waals surface area contributed by atoms with Crippen molar-refractivity contribution in [2.24, 2.45) is 0 Å². The molecule has 7 heteroatoms. The Morgan fingerprint density at radius 3 is 2.31 bits per heavy atom. The van der Waals surface area contributed by atoms with Crippen molar-refractivity contribution in [3.63, 3.8) is 0 Å². The van der Waals surface area contributed by atoms with Gasteiger partial charge in [0.25, 0.3) is 0 Å². The average Bonchev–Trinajstić information content (AvgIpc) is 3.25. The van der Waals surface area contributed by atoms with Crippen LogP contribution in [0.2, 0.25) is 0 Å². The quantitative estimate of drug-likeness (QED) is 0.506. The zero-order valence-corrected chi connectivity index (χ0v) is 15.7. The van der Waals surface area contributed by atoms with E-state index in [1.165, 1.54) is 0 Å². The number of nitrogens with zero attached hydrogens (tertiary/aromatic N) is 3. The molecule has 4 rings (SSSR count). The van der Waals surface area contributed by atoms with E-state index in [1.807, 2.05) is 66.3 Å². The number of nitrogens with one attached hydrogen (secondary N) is 2. The molecule has 144 valence electrons. The number of aryl methyl sites for hydroxylation is 1. The molecule has 2 aromatic heterocycles. The lowest BCUT2D eigenvalue weighted by atomic mass is 10.2. The highest BCUT2D eigenvalue weighted by molar-refractivity contribution is 5.99. The van der Waals surface area contributed by atoms with Crippen molar-refractivity contribution < 1.29 is 9.53 Å². The third kappa shape index (κ3) is 4.78. The number of ether oxygens (including phenoxy) is 1. The number of carbonyl (C=O) groups is 1. The van der Waals surface area contributed by atoms with E-state index in [9.17, 15) is 4.79 Å². The standard InChI is InChI=1S/C22H19N5O2/c1-16-5-4-6-18(15-16)24-22(28)23-17-7-9-19(10-8-17)29-21-12-11-20(25-26-21)27-13-2-3-14-27/h2-15H,1H3,(H2,23,24,28). The maximum atomic E-state index is 12.1. The number of benzene rings is 2. The van der Waals surface area contributed by atoms with Gasteiger partial charge in [-0.3, -0.25) is 0 Å². The summed E-state index contributed by atoms with van der Waals surface area (Å²) in [5.41, 5.74) is 2.47. The van der Waals surface area contributed by atoms with E-state index < -0.39 is 0 Å². The Bertz CT molecular complexity index is 1090. The van der Waals surface area contributed by atoms with Crippen molar-refractivity contribution in [3.8, 4) is 17.4 Å². The Balaban J connectivity index is 1.34. The highest BCUT2D eigenvalue weighted by Crippen LogP contribution is 2.22. The number of hydrogen-bond donors (Lipinski definition) is 2. The fraction of sp³-hybridized carbons (Fsp3) is 0.0455. The SMILES string of the molecule is Cc1cccc(NC(=O)Nc2ccc(Oc3ccc(-n4cccc4)nn3)cc2)c1. The summed E-state index contributed by atoms with van der Waals surface area (Å²) in [6, 6.07) is 21.7. The van der Waals surface area contributed by atoms with Crippen LogP contribution in [-0.2, 0) is 0 Å². The number of carbonyl (C=O) groups excluding carboxylic acids is 1. The Morgan fingerprint density at radius 1 is 0.862 bits per heavy atom. The van der Waals surface area contributed by atoms with Crippen LogP contribution in [-0.4, -0.2) is 20.8 Å². The minimum absolute atomic E-state index is 0.310. The van der Waals surface area contributed by atoms with Crippen molar-refractivity contribution in [2.75, 3.05) is 10.6 Å². The summed E-state index contributed by atoms with van der Waals surface area (Å²) in [5.74, 6) is 1.69. The summed E-state index contributed by atoms with van der Waals surface area (Å²) < 4.78 is 7.57. The molecule has 0 radical (unpaired) electrons. The maximum Gasteiger partial charge on any atom is 0.323 e. The molecule has 0 aliphatic rings. The van der Waals surface area contributed by atoms with Crippen LogP contribution < -0.4 is 15.4 Å². The summed E-state index contributed by atoms with van der Waals surface area (Å²) in [6.45, 7) is 1.97. The molecule has 4 aromatic rings. The molecule has 0 bridgehead atoms. The fourth-order valence-electron chi connectivity index (χ4n) is 2.74. The van der Waals surface area contributed by atoms with Crippen LogP contribution in [0.4, 0.5) is 16.2 Å². The van der Waals surface area contributed by atoms with Gasteiger partial charge in [0.2, 0.25) is 5.88 Å². The third-order valence-corrected chi connectivity index (χ3v) is 4.11. The highest BCUT2D eigenvalue weighted by Gasteiger charge is 2.05. The van der Waals surface area contributed by atoms with Crippen LogP contribution in [0, 0.1) is 6.92 Å². The predicted molar refractivity (Wildman–Crippen MR) is 112 cm³/mol. The van der Waals surface area contributed by atoms with Crippen LogP contribution in [0.15, 0.2) is 85.2 Å². The van der Waals surface area contributed by atoms with Gasteiger partial charge in [-0.15, -0.1) is 10.2 Å². The molecule has 2 amide bonds. The molecule has 0 aliphatic heterocycles. The number of amides is 2. The van der Waals surface area contributed by atoms with Gasteiger partial charge in [-0.1, -0.05) is 12.1 Å². The number of hydrogen-bond acceptors (Lipinski definition) is 4. The van der Waals surface area contributed by atoms with Crippen LogP contribution in [0.5, 0.6) is 11.6 Å². The van der Waals surface area contributed by atoms with Gasteiger partial charge in [-0.05, 0) is 67.1 Å². The second-order valence-electron chi connectivity index (χ2n) is 6.40. The first-order valence-electron chi connectivity index (χ1n) is 9.05. The average molecular weight is 385 g/mol. The Hall–Kier alpha value is -4.13. The molecule has 0 unspecified atom stereocenters. The summed E-state index contributed by atoms with van der Waals surface area (Å²) in [6.07, 6.45) is 3.79. The van der Waals surface area contributed by atoms with E-state index >= 15 is 0 Å². The zero-order chi connectivity index (χ0) is 20.1. The van der Waals surface area contributed by atoms with E-state index in [-0.39, 0.29) is 6.03 Å². The predicted octanol–water partition coefficient (Wildman–Crippen LogP) is 5.01. The lowest BCUT2D eigenvalue weighted by Crippen LogP contribution is -2.19. The summed E-state index contributed by atoms with van der Waals surface area (Å²) in [7, 11) is 0. The molecule has 0 fully saturated rings. The third-order valence-electron chi connectivity index (χ3n) is 4.11. The first-order chi connectivity index (χ1) is 14.2. The van der Waals surface area contributed by atoms with E-state index in [1.54, 1.807) is 30.3 Å². The Labute approximate surface area is 168 Å². The second-order valence-corrected chi connectivity index (χ2v) is 6.40. The van der Waals surface area contributed by atoms with Crippen molar-refractivity contribution in [1.82, 2.24) is 14.8 Å². The van der Waals surface area contributed by atoms with Crippen LogP contribution >= 0.6 is 0 Å². The molecule has 0 saturated carbocycles. The van der Waals surface area contributed by atoms with Gasteiger partial charge in [0.15, 0.2) is 5.82 Å². The zero-order valence-electron chi connectivity index (χ0n) is 15.7. The minimum atomic E-state index is -0.310. The first-order valence-corrected chi connectivity index (χ1v) is 9.05. The van der Waals surface area contributed by atoms with Gasteiger partial charge in [-0.2, -0.15) is 0 Å². The summed E-state index contributed by atoms with van der Waals surface area (Å²) in [5, 5.41) is 13.8. The van der Waals surface area contributed by atoms with Crippen molar-refractivity contribution in [2.45, 2.75) is 6.92 Å². The van der Waals surface area contributed by atoms with Gasteiger partial charge in [0.05, 0.1) is 0 Å². The molecule has 2 aromatic carbocycles. The number of aromatic nitrogens is 3. The molecule has 2 heterocycles. The van der Waals surface area contributed by atoms with E-state index in [2.05, 4.69) is 20.8 Å². The van der Waals surface area contributed by atoms with E-state index in [0.29, 0.717) is 23.1 Å². The van der Waals surface area contributed by atoms with Gasteiger partial charge in [-0.25, -0.2) is 4.79 Å². The minimum Gasteiger partial charge on any atom is -0.438 e. The number of urea groups is 1. The van der Waals surface area contributed by atoms with E-state index in [0.717, 1.165) is 11.3 Å². The Morgan fingerprint density at radius 2 is 1.62 bits per heavy atom. The molecule has 2 N–H and O–H groups in total. The van der Waals surface area contributed by atoms with Crippen LogP contribution in [0.25, 0.3) is 5.82 Å². The molecule has 0 aliphatic carbocycles. The van der Waals surface area contributed by atoms with Gasteiger partial charge >= 0.3 is 6.03 Å². The number of anilines is 2. The molecule has 0 spiro atoms. The molecule has 7 nitrogen and oxygen atoms in total. The summed E-state index contributed by atoms with van der Waals surface area (Å²) >= 11 is 0. The largest absolute Gasteiger partial charge is 0.438 e. The lowest BCUT2D eigenvalue weighted by Gasteiger charge is -2.09. The van der Waals surface area contributed by atoms with Gasteiger partial charge in [0.1, 0.15) is 5.75 Å². The van der Waals surface area contributed by atoms with Crippen molar-refractivity contribution in [1.29, 1.82) is 0 Å². The summed E-state index contributed by atoms with van der Waals surface area (Å²) in [4.78, 5) is 12.1. The van der Waals surface area contributed by atoms with Crippen LogP contribution in [0.1, 0.15) is 5.56 Å². The lowest BCUT2D eigenvalue weighted by molar-refractivity contribution is 0.262. The van der Waals surface area contributed by atoms with Crippen LogP contribution in [0.3, 0.4) is 0 Å². The molecule has 29 heavy (non-hydrogen) atoms. The second kappa shape index (κ2) is 8.26. The highest BCUT2D eigenvalue weighted by atomic mass is 16.5. The Kier molecular flexibility index (Phi) is 5.20. The van der Waals surface area contributed by atoms with Crippen molar-refractivity contribution >= 4 is 17.4 Å². The molecule has 0 saturated heterocycles. The molecular formula is C22H19N5O2. The normalized spacial score (nSPS) is 10.4. The maximum absolute atomic E-state index is 12.1. The topological polar surface area (TPSA) is 81.1 Å². The van der Waals surface area contributed by atoms with E-state index in [4.69, 9.17) is 4.74 Å². The monoisotopic (exact) mass is 385 g/mol. The van der Waals surface area contributed by atoms with Gasteiger partial charge in [0, 0.05) is 29.8 Å². The van der Waals surface area contributed by atoms with Gasteiger partial charge < -0.3 is 19.9 Å². The smallest absolute Gasteiger partial charge is 0.323 e. The first kappa shape index (κ1) is 18.2. The van der Waals surface area contributed by atoms with Crippen molar-refractivity contribution in [3.05, 3.63) is 90.8 Å². The number of rotatable bonds is 5. The molecular weight excluding hydrogens is 366 g/mol. The molecule has 0 atom stereocenters.